The van der Waals surface area contributed by atoms with Crippen LogP contribution in [-0.2, 0) is 20.7 Å². The van der Waals surface area contributed by atoms with Gasteiger partial charge in [-0.3, -0.25) is 14.5 Å². The number of hydrogen-bond donors (Lipinski definition) is 1. The summed E-state index contributed by atoms with van der Waals surface area (Å²) < 4.78 is 33.2. The number of rotatable bonds is 8. The SMILES string of the molecule is COCCN1C(=O)NC(Cc2ccc(F)cc2)(C2CCN(C(=O)/C(F)=C/c3ccccc3)CC2)C1=O. The van der Waals surface area contributed by atoms with Crippen LogP contribution in [-0.4, -0.2) is 66.5 Å². The molecule has 0 bridgehead atoms. The number of carbonyl (C=O) groups is 3. The van der Waals surface area contributed by atoms with Gasteiger partial charge >= 0.3 is 6.03 Å². The van der Waals surface area contributed by atoms with E-state index in [2.05, 4.69) is 5.32 Å². The van der Waals surface area contributed by atoms with E-state index in [1.807, 2.05) is 6.07 Å². The van der Waals surface area contributed by atoms with Crippen LogP contribution in [0.2, 0.25) is 0 Å². The van der Waals surface area contributed by atoms with E-state index in [1.165, 1.54) is 30.2 Å². The predicted octanol–water partition coefficient (Wildman–Crippen LogP) is 3.55. The molecule has 2 aromatic carbocycles. The summed E-state index contributed by atoms with van der Waals surface area (Å²) in [6, 6.07) is 14.1. The van der Waals surface area contributed by atoms with Gasteiger partial charge in [0.2, 0.25) is 0 Å². The summed E-state index contributed by atoms with van der Waals surface area (Å²) in [6.45, 7) is 0.794. The largest absolute Gasteiger partial charge is 0.383 e. The second-order valence-electron chi connectivity index (χ2n) is 9.12. The number of likely N-dealkylation sites (tertiary alicyclic amines) is 1. The van der Waals surface area contributed by atoms with Gasteiger partial charge in [-0.25, -0.2) is 13.6 Å². The summed E-state index contributed by atoms with van der Waals surface area (Å²) in [5, 5.41) is 2.91. The van der Waals surface area contributed by atoms with Crippen molar-refractivity contribution in [3.05, 3.63) is 77.4 Å². The molecule has 0 aromatic heterocycles. The van der Waals surface area contributed by atoms with Crippen molar-refractivity contribution < 1.29 is 27.9 Å². The molecule has 2 aliphatic rings. The molecule has 0 spiro atoms. The lowest BCUT2D eigenvalue weighted by molar-refractivity contribution is -0.135. The number of halogens is 2. The highest BCUT2D eigenvalue weighted by molar-refractivity contribution is 6.07. The molecule has 36 heavy (non-hydrogen) atoms. The van der Waals surface area contributed by atoms with E-state index in [4.69, 9.17) is 4.74 Å². The monoisotopic (exact) mass is 497 g/mol. The van der Waals surface area contributed by atoms with Crippen LogP contribution < -0.4 is 5.32 Å². The standard InChI is InChI=1S/C27H29F2N3O4/c1-36-16-15-32-25(34)27(30-26(32)35,18-20-7-9-22(28)10-8-20)21-11-13-31(14-12-21)24(33)23(29)17-19-5-3-2-4-6-19/h2-10,17,21H,11-16,18H2,1H3,(H,30,35)/b23-17-. The number of carbonyl (C=O) groups excluding carboxylic acids is 3. The third-order valence-electron chi connectivity index (χ3n) is 6.89. The van der Waals surface area contributed by atoms with Crippen molar-refractivity contribution in [1.29, 1.82) is 0 Å². The van der Waals surface area contributed by atoms with Gasteiger partial charge in [0.05, 0.1) is 13.2 Å². The Kier molecular flexibility index (Phi) is 7.79. The van der Waals surface area contributed by atoms with Crippen LogP contribution in [0.3, 0.4) is 0 Å². The number of amides is 4. The van der Waals surface area contributed by atoms with E-state index in [0.717, 1.165) is 4.90 Å². The fourth-order valence-corrected chi connectivity index (χ4v) is 4.98. The van der Waals surface area contributed by atoms with Crippen molar-refractivity contribution in [1.82, 2.24) is 15.1 Å². The van der Waals surface area contributed by atoms with Gasteiger partial charge in [0.1, 0.15) is 11.4 Å². The van der Waals surface area contributed by atoms with Crippen LogP contribution >= 0.6 is 0 Å². The lowest BCUT2D eigenvalue weighted by Crippen LogP contribution is -2.58. The van der Waals surface area contributed by atoms with Gasteiger partial charge in [-0.1, -0.05) is 42.5 Å². The third-order valence-corrected chi connectivity index (χ3v) is 6.89. The molecular formula is C27H29F2N3O4. The zero-order valence-electron chi connectivity index (χ0n) is 20.1. The van der Waals surface area contributed by atoms with E-state index in [0.29, 0.717) is 24.0 Å². The maximum atomic E-state index is 14.7. The van der Waals surface area contributed by atoms with Crippen molar-refractivity contribution in [2.24, 2.45) is 5.92 Å². The lowest BCUT2D eigenvalue weighted by Gasteiger charge is -2.41. The van der Waals surface area contributed by atoms with Crippen LogP contribution in [0.25, 0.3) is 6.08 Å². The summed E-state index contributed by atoms with van der Waals surface area (Å²) >= 11 is 0. The molecule has 2 heterocycles. The molecule has 2 aromatic rings. The fraction of sp³-hybridized carbons (Fsp3) is 0.370. The first-order chi connectivity index (χ1) is 17.3. The maximum Gasteiger partial charge on any atom is 0.325 e. The Morgan fingerprint density at radius 3 is 2.42 bits per heavy atom. The Bertz CT molecular complexity index is 1130. The topological polar surface area (TPSA) is 79.0 Å². The molecule has 1 N–H and O–H groups in total. The van der Waals surface area contributed by atoms with Crippen molar-refractivity contribution in [3.8, 4) is 0 Å². The highest BCUT2D eigenvalue weighted by atomic mass is 19.1. The number of urea groups is 1. The van der Waals surface area contributed by atoms with Gasteiger partial charge in [-0.15, -0.1) is 0 Å². The second kappa shape index (κ2) is 11.0. The Balaban J connectivity index is 1.52. The van der Waals surface area contributed by atoms with Crippen molar-refractivity contribution >= 4 is 23.9 Å². The van der Waals surface area contributed by atoms with Gasteiger partial charge in [-0.05, 0) is 48.1 Å². The molecule has 0 saturated carbocycles. The number of ether oxygens (including phenoxy) is 1. The second-order valence-corrected chi connectivity index (χ2v) is 9.12. The number of benzene rings is 2. The van der Waals surface area contributed by atoms with E-state index in [9.17, 15) is 23.2 Å². The Hall–Kier alpha value is -3.59. The lowest BCUT2D eigenvalue weighted by atomic mass is 9.74. The van der Waals surface area contributed by atoms with Crippen LogP contribution in [0.4, 0.5) is 13.6 Å². The fourth-order valence-electron chi connectivity index (χ4n) is 4.98. The van der Waals surface area contributed by atoms with E-state index in [1.54, 1.807) is 36.4 Å². The van der Waals surface area contributed by atoms with E-state index < -0.39 is 29.1 Å². The molecular weight excluding hydrogens is 468 g/mol. The molecule has 0 radical (unpaired) electrons. The molecule has 0 aliphatic carbocycles. The third kappa shape index (κ3) is 5.31. The van der Waals surface area contributed by atoms with E-state index >= 15 is 0 Å². The van der Waals surface area contributed by atoms with Gasteiger partial charge < -0.3 is 15.0 Å². The predicted molar refractivity (Wildman–Crippen MR) is 130 cm³/mol. The first kappa shape index (κ1) is 25.5. The summed E-state index contributed by atoms with van der Waals surface area (Å²) in [6.07, 6.45) is 2.19. The Morgan fingerprint density at radius 2 is 1.78 bits per heavy atom. The smallest absolute Gasteiger partial charge is 0.325 e. The zero-order valence-corrected chi connectivity index (χ0v) is 20.1. The van der Waals surface area contributed by atoms with Gasteiger partial charge in [0.25, 0.3) is 11.8 Å². The van der Waals surface area contributed by atoms with Crippen molar-refractivity contribution in [2.75, 3.05) is 33.4 Å². The summed E-state index contributed by atoms with van der Waals surface area (Å²) in [4.78, 5) is 41.7. The normalized spacial score (nSPS) is 21.1. The summed E-state index contributed by atoms with van der Waals surface area (Å²) in [5.74, 6) is -2.61. The Labute approximate surface area is 208 Å². The summed E-state index contributed by atoms with van der Waals surface area (Å²) in [5.41, 5.74) is 0.0526. The Morgan fingerprint density at radius 1 is 1.11 bits per heavy atom. The number of imide groups is 1. The minimum Gasteiger partial charge on any atom is -0.383 e. The number of methoxy groups -OCH3 is 1. The molecule has 2 aliphatic heterocycles. The number of hydrogen-bond acceptors (Lipinski definition) is 4. The minimum atomic E-state index is -1.24. The molecule has 190 valence electrons. The average Bonchev–Trinajstić information content (AvgIpc) is 3.13. The number of piperidine rings is 1. The first-order valence-electron chi connectivity index (χ1n) is 11.9. The zero-order chi connectivity index (χ0) is 25.7. The van der Waals surface area contributed by atoms with Crippen molar-refractivity contribution in [3.63, 3.8) is 0 Å². The summed E-state index contributed by atoms with van der Waals surface area (Å²) in [7, 11) is 1.49. The quantitative estimate of drug-likeness (QED) is 0.447. The molecule has 4 amide bonds. The minimum absolute atomic E-state index is 0.110. The maximum absolute atomic E-state index is 14.7. The van der Waals surface area contributed by atoms with Crippen LogP contribution in [0.5, 0.6) is 0 Å². The van der Waals surface area contributed by atoms with E-state index in [-0.39, 0.29) is 44.5 Å². The highest BCUT2D eigenvalue weighted by Gasteiger charge is 2.55. The van der Waals surface area contributed by atoms with Gasteiger partial charge in [0.15, 0.2) is 5.83 Å². The molecule has 4 rings (SSSR count). The molecule has 7 nitrogen and oxygen atoms in total. The molecule has 9 heteroatoms. The number of nitrogens with zero attached hydrogens (tertiary/aromatic N) is 2. The van der Waals surface area contributed by atoms with Crippen LogP contribution in [0.1, 0.15) is 24.0 Å². The van der Waals surface area contributed by atoms with Gasteiger partial charge in [-0.2, -0.15) is 0 Å². The van der Waals surface area contributed by atoms with Crippen LogP contribution in [0, 0.1) is 11.7 Å². The molecule has 2 saturated heterocycles. The first-order valence-corrected chi connectivity index (χ1v) is 11.9. The number of nitrogens with one attached hydrogen (secondary N) is 1. The molecule has 1 atom stereocenters. The highest BCUT2D eigenvalue weighted by Crippen LogP contribution is 2.37. The molecule has 2 fully saturated rings. The molecule has 1 unspecified atom stereocenters. The average molecular weight is 498 g/mol. The van der Waals surface area contributed by atoms with Crippen LogP contribution in [0.15, 0.2) is 60.4 Å². The van der Waals surface area contributed by atoms with Gasteiger partial charge in [0, 0.05) is 26.6 Å². The van der Waals surface area contributed by atoms with Crippen molar-refractivity contribution in [2.45, 2.75) is 24.8 Å².